The van der Waals surface area contributed by atoms with Gasteiger partial charge in [0.1, 0.15) is 12.4 Å². The van der Waals surface area contributed by atoms with E-state index < -0.39 is 17.4 Å². The number of ether oxygens (including phenoxy) is 1. The summed E-state index contributed by atoms with van der Waals surface area (Å²) in [4.78, 5) is 41.8. The minimum atomic E-state index is -1.14. The zero-order chi connectivity index (χ0) is 25.7. The molecule has 1 aliphatic heterocycles. The number of hydrogen-bond donors (Lipinski definition) is 3. The second kappa shape index (κ2) is 10.6. The Morgan fingerprint density at radius 2 is 2.00 bits per heavy atom. The summed E-state index contributed by atoms with van der Waals surface area (Å²) < 4.78 is 5.96. The third-order valence-electron chi connectivity index (χ3n) is 6.02. The summed E-state index contributed by atoms with van der Waals surface area (Å²) in [6, 6.07) is 16.5. The number of rotatable bonds is 9. The highest BCUT2D eigenvalue weighted by Crippen LogP contribution is 2.24. The van der Waals surface area contributed by atoms with Crippen LogP contribution in [0.25, 0.3) is 10.9 Å². The summed E-state index contributed by atoms with van der Waals surface area (Å²) in [6.07, 6.45) is 1.08. The molecule has 0 aliphatic carbocycles. The van der Waals surface area contributed by atoms with Crippen LogP contribution in [0.2, 0.25) is 0 Å². The molecule has 4 rings (SSSR count). The fourth-order valence-electron chi connectivity index (χ4n) is 4.25. The zero-order valence-electron chi connectivity index (χ0n) is 20.0. The molecule has 3 aromatic rings. The summed E-state index contributed by atoms with van der Waals surface area (Å²) >= 11 is 0. The second-order valence-corrected chi connectivity index (χ2v) is 8.88. The van der Waals surface area contributed by atoms with Crippen LogP contribution in [0.1, 0.15) is 34.5 Å². The molecule has 0 bridgehead atoms. The Bertz CT molecular complexity index is 1310. The molecule has 9 heteroatoms. The number of nitrogens with one attached hydrogen (secondary N) is 2. The highest BCUT2D eigenvalue weighted by Gasteiger charge is 2.42. The molecule has 36 heavy (non-hydrogen) atoms. The fourth-order valence-corrected chi connectivity index (χ4v) is 4.25. The number of benzene rings is 2. The average Bonchev–Trinajstić information content (AvgIpc) is 3.22. The predicted octanol–water partition coefficient (Wildman–Crippen LogP) is 2.90. The lowest BCUT2D eigenvalue weighted by Gasteiger charge is -2.29. The second-order valence-electron chi connectivity index (χ2n) is 8.88. The Kier molecular flexibility index (Phi) is 7.30. The van der Waals surface area contributed by atoms with E-state index in [1.165, 1.54) is 6.08 Å². The van der Waals surface area contributed by atoms with Crippen LogP contribution in [0.4, 0.5) is 0 Å². The molecule has 186 valence electrons. The van der Waals surface area contributed by atoms with Crippen molar-refractivity contribution in [2.45, 2.75) is 31.9 Å². The number of para-hydroxylation sites is 1. The average molecular weight is 489 g/mol. The van der Waals surface area contributed by atoms with E-state index in [1.54, 1.807) is 24.3 Å². The molecule has 3 amide bonds. The molecule has 0 saturated carbocycles. The molecular formula is C27H28N4O5. The number of fused-ring (bicyclic) bond motifs is 1. The van der Waals surface area contributed by atoms with Gasteiger partial charge in [-0.2, -0.15) is 0 Å². The molecule has 1 atom stereocenters. The topological polar surface area (TPSA) is 121 Å². The van der Waals surface area contributed by atoms with E-state index in [1.807, 2.05) is 37.3 Å². The molecule has 2 heterocycles. The molecule has 0 spiro atoms. The van der Waals surface area contributed by atoms with Gasteiger partial charge in [0.05, 0.1) is 30.4 Å². The van der Waals surface area contributed by atoms with E-state index in [0.29, 0.717) is 23.0 Å². The molecule has 1 fully saturated rings. The van der Waals surface area contributed by atoms with Crippen molar-refractivity contribution in [1.29, 1.82) is 0 Å². The van der Waals surface area contributed by atoms with Gasteiger partial charge < -0.3 is 15.4 Å². The van der Waals surface area contributed by atoms with Gasteiger partial charge in [-0.05, 0) is 43.3 Å². The van der Waals surface area contributed by atoms with Crippen LogP contribution in [-0.2, 0) is 16.2 Å². The van der Waals surface area contributed by atoms with Gasteiger partial charge in [0, 0.05) is 28.8 Å². The lowest BCUT2D eigenvalue weighted by Crippen LogP contribution is -2.53. The van der Waals surface area contributed by atoms with E-state index in [0.717, 1.165) is 22.2 Å². The number of aromatic nitrogens is 1. The maximum Gasteiger partial charge on any atom is 0.251 e. The first-order valence-corrected chi connectivity index (χ1v) is 11.6. The quantitative estimate of drug-likeness (QED) is 0.242. The molecule has 1 unspecified atom stereocenters. The van der Waals surface area contributed by atoms with Crippen LogP contribution in [0.3, 0.4) is 0 Å². The van der Waals surface area contributed by atoms with Crippen molar-refractivity contribution in [3.8, 4) is 5.75 Å². The SMILES string of the molecule is C=CCN(O)C(=O)CC1(NC(=O)c2ccc(OCc3cc(C)nc4ccccc34)cc2)CNC(=O)C1. The van der Waals surface area contributed by atoms with Crippen LogP contribution in [0.15, 0.2) is 67.3 Å². The van der Waals surface area contributed by atoms with Gasteiger partial charge >= 0.3 is 0 Å². The van der Waals surface area contributed by atoms with Crippen molar-refractivity contribution in [3.63, 3.8) is 0 Å². The Labute approximate surface area is 208 Å². The summed E-state index contributed by atoms with van der Waals surface area (Å²) in [5, 5.41) is 16.8. The maximum absolute atomic E-state index is 13.0. The van der Waals surface area contributed by atoms with Gasteiger partial charge in [-0.1, -0.05) is 24.3 Å². The minimum absolute atomic E-state index is 0.0550. The van der Waals surface area contributed by atoms with Crippen LogP contribution in [0.5, 0.6) is 5.75 Å². The first kappa shape index (κ1) is 24.9. The standard InChI is InChI=1S/C27H28N4O5/c1-3-12-31(35)25(33)15-27(14-24(32)28-17-27)30-26(34)19-8-10-21(11-9-19)36-16-20-13-18(2)29-23-7-5-4-6-22(20)23/h3-11,13,35H,1,12,14-17H2,2H3,(H,28,32)(H,30,34). The Morgan fingerprint density at radius 3 is 2.69 bits per heavy atom. The van der Waals surface area contributed by atoms with Gasteiger partial charge in [0.15, 0.2) is 0 Å². The van der Waals surface area contributed by atoms with Gasteiger partial charge in [0.25, 0.3) is 5.91 Å². The number of nitrogens with zero attached hydrogens (tertiary/aromatic N) is 2. The third-order valence-corrected chi connectivity index (χ3v) is 6.02. The van der Waals surface area contributed by atoms with Crippen LogP contribution >= 0.6 is 0 Å². The van der Waals surface area contributed by atoms with Gasteiger partial charge in [-0.15, -0.1) is 6.58 Å². The Balaban J connectivity index is 1.43. The number of amides is 3. The van der Waals surface area contributed by atoms with Crippen molar-refractivity contribution in [3.05, 3.63) is 84.1 Å². The van der Waals surface area contributed by atoms with Gasteiger partial charge in [-0.3, -0.25) is 24.6 Å². The summed E-state index contributed by atoms with van der Waals surface area (Å²) in [5.41, 5.74) is 2.04. The predicted molar refractivity (Wildman–Crippen MR) is 133 cm³/mol. The number of aryl methyl sites for hydroxylation is 1. The number of carbonyl (C=O) groups is 3. The van der Waals surface area contributed by atoms with E-state index >= 15 is 0 Å². The van der Waals surface area contributed by atoms with E-state index in [2.05, 4.69) is 22.2 Å². The van der Waals surface area contributed by atoms with Crippen LogP contribution < -0.4 is 15.4 Å². The normalized spacial score (nSPS) is 16.9. The van der Waals surface area contributed by atoms with E-state index in [-0.39, 0.29) is 31.8 Å². The van der Waals surface area contributed by atoms with Crippen molar-refractivity contribution in [2.24, 2.45) is 0 Å². The summed E-state index contributed by atoms with van der Waals surface area (Å²) in [7, 11) is 0. The van der Waals surface area contributed by atoms with Crippen LogP contribution in [-0.4, -0.2) is 51.6 Å². The molecule has 2 aromatic carbocycles. The first-order valence-electron chi connectivity index (χ1n) is 11.6. The smallest absolute Gasteiger partial charge is 0.251 e. The highest BCUT2D eigenvalue weighted by atomic mass is 16.5. The number of hydrogen-bond acceptors (Lipinski definition) is 6. The first-order chi connectivity index (χ1) is 17.3. The van der Waals surface area contributed by atoms with Gasteiger partial charge in [0.2, 0.25) is 11.8 Å². The van der Waals surface area contributed by atoms with E-state index in [4.69, 9.17) is 4.74 Å². The van der Waals surface area contributed by atoms with Crippen molar-refractivity contribution < 1.29 is 24.3 Å². The van der Waals surface area contributed by atoms with Crippen molar-refractivity contribution in [1.82, 2.24) is 20.7 Å². The number of pyridine rings is 1. The summed E-state index contributed by atoms with van der Waals surface area (Å²) in [5.74, 6) is -0.740. The van der Waals surface area contributed by atoms with E-state index in [9.17, 15) is 19.6 Å². The molecule has 1 aromatic heterocycles. The lowest BCUT2D eigenvalue weighted by molar-refractivity contribution is -0.164. The number of hydroxylamine groups is 2. The molecular weight excluding hydrogens is 460 g/mol. The minimum Gasteiger partial charge on any atom is -0.489 e. The molecule has 9 nitrogen and oxygen atoms in total. The third kappa shape index (κ3) is 5.69. The van der Waals surface area contributed by atoms with Crippen LogP contribution in [0, 0.1) is 6.92 Å². The Hall–Kier alpha value is -4.24. The fraction of sp³-hybridized carbons (Fsp3) is 0.259. The largest absolute Gasteiger partial charge is 0.489 e. The summed E-state index contributed by atoms with van der Waals surface area (Å²) in [6.45, 7) is 5.80. The Morgan fingerprint density at radius 1 is 1.25 bits per heavy atom. The highest BCUT2D eigenvalue weighted by molar-refractivity contribution is 5.96. The molecule has 1 saturated heterocycles. The molecule has 0 radical (unpaired) electrons. The maximum atomic E-state index is 13.0. The monoisotopic (exact) mass is 488 g/mol. The number of carbonyl (C=O) groups excluding carboxylic acids is 3. The molecule has 3 N–H and O–H groups in total. The van der Waals surface area contributed by atoms with Crippen molar-refractivity contribution >= 4 is 28.6 Å². The van der Waals surface area contributed by atoms with Gasteiger partial charge in [-0.25, -0.2) is 5.06 Å². The lowest BCUT2D eigenvalue weighted by atomic mass is 9.92. The molecule has 1 aliphatic rings. The zero-order valence-corrected chi connectivity index (χ0v) is 20.0. The van der Waals surface area contributed by atoms with Crippen molar-refractivity contribution in [2.75, 3.05) is 13.1 Å².